The van der Waals surface area contributed by atoms with Crippen molar-refractivity contribution in [2.24, 2.45) is 0 Å². The summed E-state index contributed by atoms with van der Waals surface area (Å²) in [5.74, 6) is 0.747. The molecule has 2 N–H and O–H groups in total. The molecule has 9 nitrogen and oxygen atoms in total. The fourth-order valence-electron chi connectivity index (χ4n) is 6.62. The number of unbranched alkanes of at least 4 members (excludes halogenated alkanes) is 3. The van der Waals surface area contributed by atoms with Crippen LogP contribution in [-0.2, 0) is 13.6 Å². The number of aromatic nitrogens is 4. The number of imidazole rings is 1. The number of nitrogen functional groups attached to an aromatic ring is 1. The Morgan fingerprint density at radius 2 is 1.35 bits per heavy atom. The Labute approximate surface area is 325 Å². The van der Waals surface area contributed by atoms with Gasteiger partial charge in [-0.3, -0.25) is 0 Å². The molecule has 1 saturated heterocycles. The number of rotatable bonds is 20. The third-order valence-electron chi connectivity index (χ3n) is 12.3. The van der Waals surface area contributed by atoms with Gasteiger partial charge in [0.25, 0.3) is 0 Å². The molecule has 0 amide bonds. The molecule has 0 aromatic carbocycles. The molecule has 0 spiro atoms. The fraction of sp³-hybridized carbons (Fsp3) is 0.872. The topological polar surface area (TPSA) is 107 Å². The SMILES string of the molecule is CCC[CH2][Sn]([CH2]CCC)([CH2]CCC)[c]1nc2c(OCC[Si](C)(C)C)nc(N)nc2n1[C@H]1C[C@H](O[Si](C)(C)C(C)(C)C)[C@@H](CO[Si](C)(C)C(C)(C)C)O1. The molecule has 3 atom stereocenters. The zero-order valence-corrected chi connectivity index (χ0v) is 42.3. The maximum atomic E-state index is 7.27. The quantitative estimate of drug-likeness (QED) is 0.131. The van der Waals surface area contributed by atoms with E-state index >= 15 is 0 Å². The zero-order valence-electron chi connectivity index (χ0n) is 36.4. The maximum absolute atomic E-state index is 7.27. The Bertz CT molecular complexity index is 1410. The molecule has 1 aliphatic rings. The molecule has 3 rings (SSSR count). The summed E-state index contributed by atoms with van der Waals surface area (Å²) in [6.07, 6.45) is 7.38. The van der Waals surface area contributed by atoms with E-state index in [9.17, 15) is 0 Å². The van der Waals surface area contributed by atoms with Crippen molar-refractivity contribution in [2.75, 3.05) is 18.9 Å². The van der Waals surface area contributed by atoms with Crippen LogP contribution in [0.1, 0.15) is 113 Å². The van der Waals surface area contributed by atoms with Crippen molar-refractivity contribution in [3.8, 4) is 5.88 Å². The Balaban J connectivity index is 2.29. The minimum atomic E-state index is -3.21. The molecule has 300 valence electrons. The van der Waals surface area contributed by atoms with E-state index in [4.69, 9.17) is 34.0 Å². The zero-order chi connectivity index (χ0) is 39.3. The first-order valence-corrected chi connectivity index (χ1v) is 37.6. The van der Waals surface area contributed by atoms with Gasteiger partial charge in [-0.2, -0.15) is 0 Å². The van der Waals surface area contributed by atoms with E-state index in [0.717, 1.165) is 23.6 Å². The van der Waals surface area contributed by atoms with Crippen molar-refractivity contribution in [3.05, 3.63) is 0 Å². The molecule has 2 aromatic rings. The molecular weight excluding hydrogens is 805 g/mol. The van der Waals surface area contributed by atoms with Crippen molar-refractivity contribution < 1.29 is 18.3 Å². The van der Waals surface area contributed by atoms with Gasteiger partial charge in [0.05, 0.1) is 0 Å². The summed E-state index contributed by atoms with van der Waals surface area (Å²) in [6, 6.07) is 1.03. The van der Waals surface area contributed by atoms with Crippen molar-refractivity contribution >= 4 is 64.0 Å². The van der Waals surface area contributed by atoms with E-state index in [0.29, 0.717) is 19.1 Å². The number of fused-ring (bicyclic) bond motifs is 1. The number of nitrogens with zero attached hydrogens (tertiary/aromatic N) is 4. The molecule has 0 radical (unpaired) electrons. The number of anilines is 1. The first kappa shape index (κ1) is 45.9. The summed E-state index contributed by atoms with van der Waals surface area (Å²) in [4.78, 5) is 15.3. The van der Waals surface area contributed by atoms with Crippen LogP contribution in [0.25, 0.3) is 11.2 Å². The van der Waals surface area contributed by atoms with E-state index in [1.54, 1.807) is 0 Å². The molecule has 0 bridgehead atoms. The van der Waals surface area contributed by atoms with Crippen LogP contribution in [-0.4, -0.2) is 88.0 Å². The van der Waals surface area contributed by atoms with Crippen LogP contribution in [0.2, 0.25) is 75.3 Å². The van der Waals surface area contributed by atoms with Gasteiger partial charge in [-0.1, -0.05) is 0 Å². The van der Waals surface area contributed by atoms with Gasteiger partial charge in [0.15, 0.2) is 0 Å². The summed E-state index contributed by atoms with van der Waals surface area (Å²) in [5, 5.41) is 0.166. The van der Waals surface area contributed by atoms with Crippen molar-refractivity contribution in [1.29, 1.82) is 0 Å². The van der Waals surface area contributed by atoms with Crippen LogP contribution >= 0.6 is 0 Å². The second-order valence-corrected chi connectivity index (χ2v) is 48.0. The molecule has 52 heavy (non-hydrogen) atoms. The number of nitrogens with two attached hydrogens (primary N) is 1. The van der Waals surface area contributed by atoms with Crippen molar-refractivity contribution in [1.82, 2.24) is 19.5 Å². The third kappa shape index (κ3) is 11.5. The molecule has 3 heterocycles. The predicted octanol–water partition coefficient (Wildman–Crippen LogP) is 10.9. The van der Waals surface area contributed by atoms with Crippen LogP contribution in [0.15, 0.2) is 0 Å². The Hall–Kier alpha value is -0.521. The van der Waals surface area contributed by atoms with Gasteiger partial charge < -0.3 is 0 Å². The Morgan fingerprint density at radius 3 is 1.83 bits per heavy atom. The van der Waals surface area contributed by atoms with Gasteiger partial charge in [0.1, 0.15) is 0 Å². The van der Waals surface area contributed by atoms with Crippen LogP contribution < -0.4 is 14.3 Å². The van der Waals surface area contributed by atoms with E-state index in [-0.39, 0.29) is 34.5 Å². The molecule has 1 aliphatic heterocycles. The molecule has 2 aromatic heterocycles. The van der Waals surface area contributed by atoms with Crippen LogP contribution in [0.3, 0.4) is 0 Å². The second-order valence-electron chi connectivity index (χ2n) is 20.0. The van der Waals surface area contributed by atoms with Gasteiger partial charge in [-0.05, 0) is 0 Å². The molecular formula is C39H79N5O4Si3Sn. The molecule has 13 heteroatoms. The number of hydrogen-bond donors (Lipinski definition) is 1. The number of hydrogen-bond acceptors (Lipinski definition) is 8. The molecule has 0 saturated carbocycles. The minimum absolute atomic E-state index is 0.0681. The molecule has 0 aliphatic carbocycles. The van der Waals surface area contributed by atoms with Crippen LogP contribution in [0.5, 0.6) is 5.88 Å². The summed E-state index contributed by atoms with van der Waals surface area (Å²) in [7, 11) is -5.51. The van der Waals surface area contributed by atoms with Gasteiger partial charge in [0, 0.05) is 0 Å². The average Bonchev–Trinajstić information content (AvgIpc) is 3.59. The normalized spacial score (nSPS) is 19.6. The average molecular weight is 885 g/mol. The first-order valence-electron chi connectivity index (χ1n) is 20.6. The molecule has 0 unspecified atom stereocenters. The Kier molecular flexibility index (Phi) is 16.0. The monoisotopic (exact) mass is 885 g/mol. The predicted molar refractivity (Wildman–Crippen MR) is 232 cm³/mol. The van der Waals surface area contributed by atoms with Gasteiger partial charge in [-0.25, -0.2) is 0 Å². The van der Waals surface area contributed by atoms with Gasteiger partial charge >= 0.3 is 328 Å². The van der Waals surface area contributed by atoms with E-state index in [1.165, 1.54) is 55.7 Å². The Morgan fingerprint density at radius 1 is 0.808 bits per heavy atom. The number of ether oxygens (including phenoxy) is 2. The standard InChI is InChI=1S/C27H52N5O4Si3.3C4H9.Sn/c1-26(2,3)38(10,11)34-17-20-19(36-39(12,13)27(4,5)6)16-21(35-20)32-18-29-22-23(32)30-25(28)31-24(22)33-14-15-37(7,8)9;3*1-3-4-2;/h19-21H,14-17H2,1-13H3,(H2,28,30,31);3*1,3-4H2,2H3;/t19-,20+,21+;;;;/m0..../s1. The van der Waals surface area contributed by atoms with E-state index in [1.807, 2.05) is 0 Å². The van der Waals surface area contributed by atoms with Crippen molar-refractivity contribution in [2.45, 2.75) is 201 Å². The third-order valence-corrected chi connectivity index (χ3v) is 37.9. The van der Waals surface area contributed by atoms with Gasteiger partial charge in [0.2, 0.25) is 0 Å². The molecule has 1 fully saturated rings. The van der Waals surface area contributed by atoms with E-state index < -0.39 is 43.1 Å². The summed E-state index contributed by atoms with van der Waals surface area (Å²) >= 11 is -3.21. The van der Waals surface area contributed by atoms with Crippen LogP contribution in [0, 0.1) is 0 Å². The first-order chi connectivity index (χ1) is 23.9. The summed E-state index contributed by atoms with van der Waals surface area (Å²) < 4.78 is 35.4. The fourth-order valence-corrected chi connectivity index (χ4v) is 25.7. The second kappa shape index (κ2) is 18.2. The van der Waals surface area contributed by atoms with Crippen LogP contribution in [0.4, 0.5) is 5.95 Å². The van der Waals surface area contributed by atoms with E-state index in [2.05, 4.69) is 118 Å². The van der Waals surface area contributed by atoms with Crippen molar-refractivity contribution in [3.63, 3.8) is 0 Å². The summed E-state index contributed by atoms with van der Waals surface area (Å²) in [6.45, 7) is 38.4. The van der Waals surface area contributed by atoms with Gasteiger partial charge in [-0.15, -0.1) is 0 Å². The summed E-state index contributed by atoms with van der Waals surface area (Å²) in [5.41, 5.74) is 8.05.